The molecule has 19 heteroatoms. The van der Waals surface area contributed by atoms with E-state index in [1.54, 1.807) is 0 Å². The van der Waals surface area contributed by atoms with Crippen LogP contribution >= 0.6 is 15.6 Å². The van der Waals surface area contributed by atoms with Gasteiger partial charge in [-0.1, -0.05) is 344 Å². The normalized spacial score (nSPS) is 14.6. The maximum Gasteiger partial charge on any atom is 0.472 e. The van der Waals surface area contributed by atoms with Crippen LogP contribution < -0.4 is 0 Å². The summed E-state index contributed by atoms with van der Waals surface area (Å²) in [6.07, 6.45) is 54.1. The van der Waals surface area contributed by atoms with Gasteiger partial charge >= 0.3 is 39.5 Å². The molecule has 570 valence electrons. The quantitative estimate of drug-likeness (QED) is 0.0222. The minimum atomic E-state index is -4.96. The molecule has 96 heavy (non-hydrogen) atoms. The summed E-state index contributed by atoms with van der Waals surface area (Å²) in [6.45, 7) is 11.9. The van der Waals surface area contributed by atoms with Crippen LogP contribution in [0.5, 0.6) is 0 Å². The molecule has 0 amide bonds. The minimum absolute atomic E-state index is 0.105. The summed E-state index contributed by atoms with van der Waals surface area (Å²) < 4.78 is 68.5. The molecule has 0 aliphatic rings. The molecule has 0 aromatic heterocycles. The first-order chi connectivity index (χ1) is 46.3. The van der Waals surface area contributed by atoms with Crippen molar-refractivity contribution in [3.8, 4) is 0 Å². The van der Waals surface area contributed by atoms with Crippen molar-refractivity contribution in [3.05, 3.63) is 0 Å². The molecule has 3 N–H and O–H groups in total. The zero-order valence-corrected chi connectivity index (χ0v) is 64.6. The van der Waals surface area contributed by atoms with Crippen LogP contribution in [0.15, 0.2) is 0 Å². The van der Waals surface area contributed by atoms with Crippen molar-refractivity contribution < 1.29 is 80.2 Å². The van der Waals surface area contributed by atoms with Crippen molar-refractivity contribution in [2.75, 3.05) is 39.6 Å². The van der Waals surface area contributed by atoms with Crippen molar-refractivity contribution in [2.45, 2.75) is 414 Å². The number of carbonyl (C=O) groups excluding carboxylic acids is 4. The molecular formula is C77H150O17P2. The summed E-state index contributed by atoms with van der Waals surface area (Å²) in [7, 11) is -9.91. The highest BCUT2D eigenvalue weighted by Gasteiger charge is 2.30. The molecule has 0 rings (SSSR count). The smallest absolute Gasteiger partial charge is 0.462 e. The molecule has 4 unspecified atom stereocenters. The summed E-state index contributed by atoms with van der Waals surface area (Å²) >= 11 is 0. The van der Waals surface area contributed by atoms with E-state index in [0.29, 0.717) is 25.7 Å². The predicted octanol–water partition coefficient (Wildman–Crippen LogP) is 22.6. The largest absolute Gasteiger partial charge is 0.472 e. The third kappa shape index (κ3) is 67.9. The summed E-state index contributed by atoms with van der Waals surface area (Å²) in [5.41, 5.74) is 0. The van der Waals surface area contributed by atoms with E-state index in [4.69, 9.17) is 37.0 Å². The first-order valence-corrected chi connectivity index (χ1v) is 42.9. The predicted molar refractivity (Wildman–Crippen MR) is 391 cm³/mol. The fraction of sp³-hybridized carbons (Fsp3) is 0.948. The van der Waals surface area contributed by atoms with Gasteiger partial charge in [-0.15, -0.1) is 0 Å². The zero-order chi connectivity index (χ0) is 70.9. The van der Waals surface area contributed by atoms with Gasteiger partial charge in [0.05, 0.1) is 26.4 Å². The average Bonchev–Trinajstić information content (AvgIpc) is 3.00. The van der Waals surface area contributed by atoms with Gasteiger partial charge in [0, 0.05) is 25.7 Å². The highest BCUT2D eigenvalue weighted by molar-refractivity contribution is 7.47. The summed E-state index contributed by atoms with van der Waals surface area (Å²) in [5, 5.41) is 10.6. The van der Waals surface area contributed by atoms with Crippen molar-refractivity contribution in [1.82, 2.24) is 0 Å². The van der Waals surface area contributed by atoms with Gasteiger partial charge < -0.3 is 33.8 Å². The lowest BCUT2D eigenvalue weighted by atomic mass is 9.99. The molecule has 0 heterocycles. The second kappa shape index (κ2) is 67.5. The van der Waals surface area contributed by atoms with Crippen LogP contribution in [0.3, 0.4) is 0 Å². The molecule has 7 atom stereocenters. The number of ether oxygens (including phenoxy) is 4. The van der Waals surface area contributed by atoms with E-state index in [2.05, 4.69) is 48.5 Å². The van der Waals surface area contributed by atoms with E-state index in [-0.39, 0.29) is 25.7 Å². The Morgan fingerprint density at radius 1 is 0.302 bits per heavy atom. The number of aliphatic hydroxyl groups is 1. The summed E-state index contributed by atoms with van der Waals surface area (Å²) in [5.74, 6) is 0.279. The molecule has 0 aliphatic carbocycles. The number of hydrogen-bond donors (Lipinski definition) is 3. The van der Waals surface area contributed by atoms with E-state index >= 15 is 0 Å². The lowest BCUT2D eigenvalue weighted by molar-refractivity contribution is -0.161. The standard InChI is InChI=1S/C77H150O17P2/c1-8-11-12-13-14-27-37-44-51-58-74(79)87-64-73(94-77(82)61-54-47-40-33-32-36-43-50-57-70(7)10-3)67-92-96(85,86)90-63-71(78)62-89-95(83,84)91-66-72(65-88-75(80)59-52-45-38-30-26-25-28-34-41-48-55-68(4)5)93-76(81)60-53-46-39-31-24-22-20-18-16-15-17-19-21-23-29-35-42-49-56-69(6)9-2/h68-73,78H,8-67H2,1-7H3,(H,83,84)(H,85,86)/t69?,70?,71-,72-,73-/m1/s1. The molecule has 17 nitrogen and oxygen atoms in total. The summed E-state index contributed by atoms with van der Waals surface area (Å²) in [6, 6.07) is 0. The monoisotopic (exact) mass is 1410 g/mol. The Morgan fingerprint density at radius 3 is 0.792 bits per heavy atom. The van der Waals surface area contributed by atoms with Crippen LogP contribution in [0.1, 0.15) is 395 Å². The van der Waals surface area contributed by atoms with Crippen LogP contribution in [0.25, 0.3) is 0 Å². The number of unbranched alkanes of at least 4 members (excludes halogenated alkanes) is 41. The molecule has 0 radical (unpaired) electrons. The number of hydrogen-bond acceptors (Lipinski definition) is 15. The fourth-order valence-corrected chi connectivity index (χ4v) is 13.3. The second-order valence-electron chi connectivity index (χ2n) is 28.7. The van der Waals surface area contributed by atoms with Crippen LogP contribution in [0.2, 0.25) is 0 Å². The summed E-state index contributed by atoms with van der Waals surface area (Å²) in [4.78, 5) is 72.8. The topological polar surface area (TPSA) is 237 Å². The Labute approximate surface area is 588 Å². The molecule has 0 aromatic rings. The Morgan fingerprint density at radius 2 is 0.531 bits per heavy atom. The van der Waals surface area contributed by atoms with Crippen LogP contribution in [0.4, 0.5) is 0 Å². The molecule has 0 fully saturated rings. The van der Waals surface area contributed by atoms with E-state index in [0.717, 1.165) is 108 Å². The van der Waals surface area contributed by atoms with E-state index in [9.17, 15) is 43.2 Å². The third-order valence-electron chi connectivity index (χ3n) is 18.6. The van der Waals surface area contributed by atoms with Crippen molar-refractivity contribution in [1.29, 1.82) is 0 Å². The first-order valence-electron chi connectivity index (χ1n) is 39.9. The SMILES string of the molecule is CCCCCCCCCCCC(=O)OC[C@H](COP(=O)(O)OC[C@H](O)COP(=O)(O)OC[C@@H](COC(=O)CCCCCCCCCCCCC(C)C)OC(=O)CCCCCCCCCCCCCCCCCCCCC(C)CC)OC(=O)CCCCCCCCCCC(C)CC. The maximum atomic E-state index is 13.1. The number of phosphoric acid groups is 2. The van der Waals surface area contributed by atoms with Gasteiger partial charge in [0.2, 0.25) is 0 Å². The molecule has 0 saturated heterocycles. The molecule has 0 spiro atoms. The van der Waals surface area contributed by atoms with E-state index < -0.39 is 97.5 Å². The first kappa shape index (κ1) is 94.1. The Balaban J connectivity index is 5.19. The van der Waals surface area contributed by atoms with Crippen molar-refractivity contribution in [2.24, 2.45) is 17.8 Å². The molecular weight excluding hydrogens is 1260 g/mol. The second-order valence-corrected chi connectivity index (χ2v) is 31.6. The average molecular weight is 1410 g/mol. The van der Waals surface area contributed by atoms with Crippen molar-refractivity contribution in [3.63, 3.8) is 0 Å². The fourth-order valence-electron chi connectivity index (χ4n) is 11.7. The maximum absolute atomic E-state index is 13.1. The molecule has 0 aromatic carbocycles. The number of carbonyl (C=O) groups is 4. The highest BCUT2D eigenvalue weighted by atomic mass is 31.2. The Kier molecular flexibility index (Phi) is 66.2. The van der Waals surface area contributed by atoms with Gasteiger partial charge in [-0.25, -0.2) is 9.13 Å². The van der Waals surface area contributed by atoms with Gasteiger partial charge in [-0.05, 0) is 43.4 Å². The van der Waals surface area contributed by atoms with Crippen molar-refractivity contribution >= 4 is 39.5 Å². The van der Waals surface area contributed by atoms with Gasteiger partial charge in [0.15, 0.2) is 12.2 Å². The number of rotatable bonds is 75. The highest BCUT2D eigenvalue weighted by Crippen LogP contribution is 2.45. The molecule has 0 aliphatic heterocycles. The Bertz CT molecular complexity index is 1870. The van der Waals surface area contributed by atoms with Crippen LogP contribution in [-0.4, -0.2) is 96.7 Å². The lowest BCUT2D eigenvalue weighted by Gasteiger charge is -2.21. The van der Waals surface area contributed by atoms with Gasteiger partial charge in [0.1, 0.15) is 19.3 Å². The van der Waals surface area contributed by atoms with E-state index in [1.165, 1.54) is 205 Å². The lowest BCUT2D eigenvalue weighted by Crippen LogP contribution is -2.30. The number of esters is 4. The van der Waals surface area contributed by atoms with Crippen LogP contribution in [0, 0.1) is 17.8 Å². The van der Waals surface area contributed by atoms with Gasteiger partial charge in [-0.3, -0.25) is 37.3 Å². The Hall–Kier alpha value is -1.94. The van der Waals surface area contributed by atoms with Gasteiger partial charge in [-0.2, -0.15) is 0 Å². The molecule has 0 bridgehead atoms. The number of aliphatic hydroxyl groups excluding tert-OH is 1. The third-order valence-corrected chi connectivity index (χ3v) is 20.5. The zero-order valence-electron chi connectivity index (χ0n) is 62.8. The van der Waals surface area contributed by atoms with E-state index in [1.807, 2.05) is 0 Å². The van der Waals surface area contributed by atoms with Crippen LogP contribution in [-0.2, 0) is 65.4 Å². The molecule has 0 saturated carbocycles. The van der Waals surface area contributed by atoms with Gasteiger partial charge in [0.25, 0.3) is 0 Å². The number of phosphoric ester groups is 2. The minimum Gasteiger partial charge on any atom is -0.462 e.